The number of benzene rings is 2. The topological polar surface area (TPSA) is 126 Å². The fraction of sp³-hybridized carbons (Fsp3) is 0.414. The Morgan fingerprint density at radius 1 is 1.12 bits per heavy atom. The van der Waals surface area contributed by atoms with Crippen LogP contribution in [0.4, 0.5) is 36.3 Å². The number of sulfonamides is 1. The molecule has 3 aromatic rings. The molecular formula is C29H35F3N6O4S. The van der Waals surface area contributed by atoms with E-state index in [1.807, 2.05) is 6.92 Å². The molecule has 0 atom stereocenters. The summed E-state index contributed by atoms with van der Waals surface area (Å²) < 4.78 is 72.4. The highest BCUT2D eigenvalue weighted by atomic mass is 32.2. The first kappa shape index (κ1) is 32.0. The molecule has 4 rings (SSSR count). The Hall–Kier alpha value is -3.91. The Morgan fingerprint density at radius 3 is 2.49 bits per heavy atom. The summed E-state index contributed by atoms with van der Waals surface area (Å²) in [5, 5.41) is 8.72. The quantitative estimate of drug-likeness (QED) is 0.288. The SMILES string of the molecule is CCc1cc(C(=O)NC2CCOCC2)ccc1Nc1ncc(C(F)(F)F)c(NCc2ccc(C)cc2N(C)S(C)(=O)=O)n1. The minimum Gasteiger partial charge on any atom is -0.381 e. The van der Waals surface area contributed by atoms with Gasteiger partial charge in [0, 0.05) is 50.3 Å². The molecule has 0 radical (unpaired) electrons. The molecule has 1 amide bonds. The summed E-state index contributed by atoms with van der Waals surface area (Å²) in [6.45, 7) is 4.75. The average Bonchev–Trinajstić information content (AvgIpc) is 2.95. The van der Waals surface area contributed by atoms with Gasteiger partial charge in [0.15, 0.2) is 0 Å². The van der Waals surface area contributed by atoms with Gasteiger partial charge < -0.3 is 20.7 Å². The van der Waals surface area contributed by atoms with Gasteiger partial charge in [-0.1, -0.05) is 19.1 Å². The van der Waals surface area contributed by atoms with E-state index in [9.17, 15) is 26.4 Å². The molecule has 0 bridgehead atoms. The average molecular weight is 621 g/mol. The fourth-order valence-corrected chi connectivity index (χ4v) is 5.17. The number of nitrogens with zero attached hydrogens (tertiary/aromatic N) is 3. The van der Waals surface area contributed by atoms with Crippen molar-refractivity contribution in [2.75, 3.05) is 41.5 Å². The number of hydrogen-bond donors (Lipinski definition) is 3. The molecule has 0 spiro atoms. The van der Waals surface area contributed by atoms with Crippen LogP contribution in [0.1, 0.15) is 52.4 Å². The number of anilines is 4. The van der Waals surface area contributed by atoms with E-state index in [-0.39, 0.29) is 24.4 Å². The Kier molecular flexibility index (Phi) is 9.80. The standard InChI is InChI=1S/C29H35F3N6O4S/c1-5-19-15-20(27(39)35-22-10-12-42-13-11-22)8-9-24(19)36-28-34-17-23(29(30,31)32)26(37-28)33-16-21-7-6-18(2)14-25(21)38(3)43(4,40)41/h6-9,14-15,17,22H,5,10-13,16H2,1-4H3,(H,35,39)(H2,33,34,36,37). The molecule has 14 heteroatoms. The monoisotopic (exact) mass is 620 g/mol. The van der Waals surface area contributed by atoms with E-state index in [2.05, 4.69) is 25.9 Å². The van der Waals surface area contributed by atoms with Crippen molar-refractivity contribution in [2.24, 2.45) is 0 Å². The van der Waals surface area contributed by atoms with Crippen molar-refractivity contribution in [3.8, 4) is 0 Å². The summed E-state index contributed by atoms with van der Waals surface area (Å²) in [4.78, 5) is 20.8. The van der Waals surface area contributed by atoms with Crippen molar-refractivity contribution in [3.63, 3.8) is 0 Å². The third-order valence-electron chi connectivity index (χ3n) is 7.17. The van der Waals surface area contributed by atoms with Gasteiger partial charge in [-0.05, 0) is 67.1 Å². The predicted octanol–water partition coefficient (Wildman–Crippen LogP) is 5.03. The molecule has 2 aromatic carbocycles. The van der Waals surface area contributed by atoms with Crippen molar-refractivity contribution >= 4 is 39.1 Å². The Labute approximate surface area is 249 Å². The molecule has 0 saturated carbocycles. The minimum absolute atomic E-state index is 0.0401. The summed E-state index contributed by atoms with van der Waals surface area (Å²) in [6, 6.07) is 10.1. The first-order chi connectivity index (χ1) is 20.3. The third-order valence-corrected chi connectivity index (χ3v) is 8.36. The number of aryl methyl sites for hydroxylation is 2. The molecule has 1 aliphatic rings. The fourth-order valence-electron chi connectivity index (χ4n) is 4.64. The molecular weight excluding hydrogens is 585 g/mol. The highest BCUT2D eigenvalue weighted by Crippen LogP contribution is 2.35. The first-order valence-corrected chi connectivity index (χ1v) is 15.6. The number of alkyl halides is 3. The second kappa shape index (κ2) is 13.2. The number of nitrogens with one attached hydrogen (secondary N) is 3. The van der Waals surface area contributed by atoms with E-state index >= 15 is 0 Å². The van der Waals surface area contributed by atoms with Crippen molar-refractivity contribution in [1.82, 2.24) is 15.3 Å². The van der Waals surface area contributed by atoms with Gasteiger partial charge in [-0.2, -0.15) is 18.2 Å². The first-order valence-electron chi connectivity index (χ1n) is 13.8. The van der Waals surface area contributed by atoms with Crippen molar-refractivity contribution < 1.29 is 31.1 Å². The summed E-state index contributed by atoms with van der Waals surface area (Å²) in [7, 11) is -2.23. The molecule has 1 saturated heterocycles. The second-order valence-corrected chi connectivity index (χ2v) is 12.4. The molecule has 232 valence electrons. The van der Waals surface area contributed by atoms with Gasteiger partial charge >= 0.3 is 6.18 Å². The van der Waals surface area contributed by atoms with Gasteiger partial charge in [0.1, 0.15) is 11.4 Å². The van der Waals surface area contributed by atoms with Crippen LogP contribution in [-0.4, -0.2) is 56.9 Å². The number of amides is 1. The molecule has 1 aliphatic heterocycles. The van der Waals surface area contributed by atoms with Crippen LogP contribution in [-0.2, 0) is 33.9 Å². The van der Waals surface area contributed by atoms with E-state index in [0.717, 1.165) is 34.5 Å². The molecule has 1 fully saturated rings. The van der Waals surface area contributed by atoms with E-state index in [4.69, 9.17) is 4.74 Å². The maximum atomic E-state index is 13.9. The molecule has 2 heterocycles. The van der Waals surface area contributed by atoms with Crippen LogP contribution in [0.3, 0.4) is 0 Å². The van der Waals surface area contributed by atoms with Crippen molar-refractivity contribution in [2.45, 2.75) is 51.9 Å². The maximum Gasteiger partial charge on any atom is 0.421 e. The number of hydrogen-bond acceptors (Lipinski definition) is 8. The lowest BCUT2D eigenvalue weighted by molar-refractivity contribution is -0.137. The highest BCUT2D eigenvalue weighted by molar-refractivity contribution is 7.92. The number of carbonyl (C=O) groups is 1. The lowest BCUT2D eigenvalue weighted by Crippen LogP contribution is -2.38. The summed E-state index contributed by atoms with van der Waals surface area (Å²) in [6.07, 6.45) is -0.977. The van der Waals surface area contributed by atoms with Crippen LogP contribution in [0.15, 0.2) is 42.6 Å². The van der Waals surface area contributed by atoms with E-state index in [1.165, 1.54) is 7.05 Å². The van der Waals surface area contributed by atoms with Crippen LogP contribution in [0, 0.1) is 6.92 Å². The zero-order chi connectivity index (χ0) is 31.4. The number of halogens is 3. The van der Waals surface area contributed by atoms with Crippen molar-refractivity contribution in [1.29, 1.82) is 0 Å². The van der Waals surface area contributed by atoms with Crippen LogP contribution in [0.5, 0.6) is 0 Å². The van der Waals surface area contributed by atoms with Crippen molar-refractivity contribution in [3.05, 3.63) is 70.4 Å². The van der Waals surface area contributed by atoms with E-state index in [1.54, 1.807) is 43.3 Å². The minimum atomic E-state index is -4.74. The zero-order valence-corrected chi connectivity index (χ0v) is 25.2. The maximum absolute atomic E-state index is 13.9. The Morgan fingerprint density at radius 2 is 1.84 bits per heavy atom. The zero-order valence-electron chi connectivity index (χ0n) is 24.4. The molecule has 43 heavy (non-hydrogen) atoms. The van der Waals surface area contributed by atoms with Gasteiger partial charge in [-0.3, -0.25) is 9.10 Å². The third kappa shape index (κ3) is 8.14. The second-order valence-electron chi connectivity index (χ2n) is 10.4. The summed E-state index contributed by atoms with van der Waals surface area (Å²) in [5.41, 5.74) is 2.29. The number of carbonyl (C=O) groups excluding carboxylic acids is 1. The normalized spacial score (nSPS) is 14.3. The molecule has 3 N–H and O–H groups in total. The largest absolute Gasteiger partial charge is 0.421 e. The van der Waals surface area contributed by atoms with Gasteiger partial charge in [0.05, 0.1) is 11.9 Å². The summed E-state index contributed by atoms with van der Waals surface area (Å²) in [5.74, 6) is -0.756. The predicted molar refractivity (Wildman–Crippen MR) is 159 cm³/mol. The van der Waals surface area contributed by atoms with Gasteiger partial charge in [0.2, 0.25) is 16.0 Å². The molecule has 10 nitrogen and oxygen atoms in total. The summed E-state index contributed by atoms with van der Waals surface area (Å²) >= 11 is 0. The lowest BCUT2D eigenvalue weighted by Gasteiger charge is -2.23. The van der Waals surface area contributed by atoms with E-state index in [0.29, 0.717) is 48.3 Å². The Balaban J connectivity index is 1.58. The van der Waals surface area contributed by atoms with Crippen LogP contribution < -0.4 is 20.3 Å². The van der Waals surface area contributed by atoms with Crippen LogP contribution >= 0.6 is 0 Å². The van der Waals surface area contributed by atoms with E-state index < -0.39 is 27.6 Å². The van der Waals surface area contributed by atoms with Crippen LogP contribution in [0.25, 0.3) is 0 Å². The van der Waals surface area contributed by atoms with Gasteiger partial charge in [-0.25, -0.2) is 13.4 Å². The number of aromatic nitrogens is 2. The smallest absolute Gasteiger partial charge is 0.381 e. The lowest BCUT2D eigenvalue weighted by atomic mass is 10.0. The van der Waals surface area contributed by atoms with Crippen LogP contribution in [0.2, 0.25) is 0 Å². The van der Waals surface area contributed by atoms with Gasteiger partial charge in [0.25, 0.3) is 5.91 Å². The molecule has 0 aliphatic carbocycles. The Bertz CT molecular complexity index is 1580. The molecule has 0 unspecified atom stereocenters. The highest BCUT2D eigenvalue weighted by Gasteiger charge is 2.35. The molecule has 1 aromatic heterocycles. The number of rotatable bonds is 10. The van der Waals surface area contributed by atoms with Gasteiger partial charge in [-0.15, -0.1) is 0 Å². The number of ether oxygens (including phenoxy) is 1.